The van der Waals surface area contributed by atoms with E-state index in [1.54, 1.807) is 24.3 Å². The van der Waals surface area contributed by atoms with E-state index in [4.69, 9.17) is 9.47 Å². The van der Waals surface area contributed by atoms with Gasteiger partial charge in [0, 0.05) is 5.56 Å². The van der Waals surface area contributed by atoms with Crippen LogP contribution in [0.1, 0.15) is 22.0 Å². The van der Waals surface area contributed by atoms with Crippen molar-refractivity contribution in [1.82, 2.24) is 0 Å². The van der Waals surface area contributed by atoms with Gasteiger partial charge in [-0.05, 0) is 35.9 Å². The molecule has 4 nitrogen and oxygen atoms in total. The second-order valence-electron chi connectivity index (χ2n) is 5.85. The fourth-order valence-electron chi connectivity index (χ4n) is 2.74. The van der Waals surface area contributed by atoms with E-state index in [-0.39, 0.29) is 17.6 Å². The van der Waals surface area contributed by atoms with Gasteiger partial charge in [0.25, 0.3) is 0 Å². The van der Waals surface area contributed by atoms with Crippen LogP contribution in [-0.4, -0.2) is 17.0 Å². The zero-order valence-electron chi connectivity index (χ0n) is 13.3. The molecule has 0 aliphatic carbocycles. The molecule has 25 heavy (non-hydrogen) atoms. The lowest BCUT2D eigenvalue weighted by molar-refractivity contribution is 0.0953. The van der Waals surface area contributed by atoms with Crippen molar-refractivity contribution in [3.05, 3.63) is 90.0 Å². The van der Waals surface area contributed by atoms with Crippen LogP contribution in [0.4, 0.5) is 0 Å². The van der Waals surface area contributed by atoms with Gasteiger partial charge in [0.15, 0.2) is 23.4 Å². The number of hydrogen-bond donors (Lipinski definition) is 1. The van der Waals surface area contributed by atoms with Crippen molar-refractivity contribution in [2.45, 2.75) is 12.2 Å². The number of rotatable bonds is 5. The molecule has 3 aromatic rings. The number of Topliss-reactive ketones (excluding diaryl/α,β-unsaturated/α-hetero) is 1. The molecule has 1 heterocycles. The number of hydrogen-bond acceptors (Lipinski definition) is 4. The highest BCUT2D eigenvalue weighted by molar-refractivity contribution is 6.02. The zero-order valence-corrected chi connectivity index (χ0v) is 13.3. The van der Waals surface area contributed by atoms with Gasteiger partial charge in [0.1, 0.15) is 11.9 Å². The summed E-state index contributed by atoms with van der Waals surface area (Å²) in [7, 11) is 0. The van der Waals surface area contributed by atoms with Gasteiger partial charge in [-0.2, -0.15) is 0 Å². The van der Waals surface area contributed by atoms with Crippen LogP contribution in [0.5, 0.6) is 17.2 Å². The van der Waals surface area contributed by atoms with Gasteiger partial charge < -0.3 is 14.6 Å². The minimum atomic E-state index is -0.498. The normalized spacial score (nSPS) is 18.6. The molecule has 1 fully saturated rings. The topological polar surface area (TPSA) is 59.1 Å². The molecule has 124 valence electrons. The Labute approximate surface area is 145 Å². The molecule has 1 N–H and O–H groups in total. The molecule has 0 unspecified atom stereocenters. The number of phenols is 1. The van der Waals surface area contributed by atoms with Crippen molar-refractivity contribution in [2.24, 2.45) is 0 Å². The number of benzene rings is 3. The fourth-order valence-corrected chi connectivity index (χ4v) is 2.74. The van der Waals surface area contributed by atoms with Crippen LogP contribution in [0.15, 0.2) is 78.9 Å². The molecule has 0 saturated carbocycles. The second kappa shape index (κ2) is 6.42. The lowest BCUT2D eigenvalue weighted by Crippen LogP contribution is -2.08. The summed E-state index contributed by atoms with van der Waals surface area (Å²) in [5.41, 5.74) is 1.38. The molecule has 0 spiro atoms. The van der Waals surface area contributed by atoms with E-state index in [1.807, 2.05) is 48.5 Å². The first-order valence-corrected chi connectivity index (χ1v) is 8.03. The molecule has 3 aromatic carbocycles. The Balaban J connectivity index is 1.48. The summed E-state index contributed by atoms with van der Waals surface area (Å²) >= 11 is 0. The highest BCUT2D eigenvalue weighted by Crippen LogP contribution is 2.41. The van der Waals surface area contributed by atoms with Gasteiger partial charge in [-0.15, -0.1) is 0 Å². The van der Waals surface area contributed by atoms with Crippen molar-refractivity contribution in [1.29, 1.82) is 0 Å². The van der Waals surface area contributed by atoms with Crippen LogP contribution in [0.2, 0.25) is 0 Å². The maximum atomic E-state index is 12.5. The number of para-hydroxylation sites is 1. The van der Waals surface area contributed by atoms with E-state index in [1.165, 1.54) is 6.07 Å². The van der Waals surface area contributed by atoms with Crippen LogP contribution in [0, 0.1) is 0 Å². The summed E-state index contributed by atoms with van der Waals surface area (Å²) in [4.78, 5) is 12.5. The SMILES string of the molecule is O=C(c1ccc(Oc2ccccc2)c(O)c1)[C@@H]1O[C@H]1c1ccccc1. The standard InChI is InChI=1S/C21H16O4/c22-17-13-15(11-12-18(17)24-16-9-5-2-6-10-16)19(23)21-20(25-21)14-7-3-1-4-8-14/h1-13,20-22H/t20-,21-/m0/s1. The maximum Gasteiger partial charge on any atom is 0.194 e. The van der Waals surface area contributed by atoms with Crippen molar-refractivity contribution >= 4 is 5.78 Å². The highest BCUT2D eigenvalue weighted by Gasteiger charge is 2.46. The van der Waals surface area contributed by atoms with Crippen LogP contribution in [0.25, 0.3) is 0 Å². The number of carbonyl (C=O) groups excluding carboxylic acids is 1. The molecule has 1 aliphatic rings. The third-order valence-electron chi connectivity index (χ3n) is 4.09. The first kappa shape index (κ1) is 15.4. The minimum absolute atomic E-state index is 0.0772. The number of carbonyl (C=O) groups is 1. The van der Waals surface area contributed by atoms with Gasteiger partial charge in [-0.25, -0.2) is 0 Å². The van der Waals surface area contributed by atoms with Gasteiger partial charge >= 0.3 is 0 Å². The smallest absolute Gasteiger partial charge is 0.194 e. The first-order chi connectivity index (χ1) is 12.2. The Hall–Kier alpha value is -3.11. The van der Waals surface area contributed by atoms with Gasteiger partial charge in [0.2, 0.25) is 0 Å². The maximum absolute atomic E-state index is 12.5. The number of epoxide rings is 1. The lowest BCUT2D eigenvalue weighted by Gasteiger charge is -2.08. The highest BCUT2D eigenvalue weighted by atomic mass is 16.6. The average Bonchev–Trinajstić information content (AvgIpc) is 3.45. The van der Waals surface area contributed by atoms with E-state index in [0.29, 0.717) is 17.1 Å². The molecule has 4 heteroatoms. The lowest BCUT2D eigenvalue weighted by atomic mass is 10.0. The summed E-state index contributed by atoms with van der Waals surface area (Å²) in [6.45, 7) is 0. The third kappa shape index (κ3) is 3.25. The molecule has 4 rings (SSSR count). The van der Waals surface area contributed by atoms with Crippen LogP contribution < -0.4 is 4.74 Å². The Morgan fingerprint density at radius 3 is 2.28 bits per heavy atom. The molecule has 2 atom stereocenters. The van der Waals surface area contributed by atoms with E-state index < -0.39 is 6.10 Å². The first-order valence-electron chi connectivity index (χ1n) is 8.03. The van der Waals surface area contributed by atoms with Crippen molar-refractivity contribution in [2.75, 3.05) is 0 Å². The van der Waals surface area contributed by atoms with Crippen LogP contribution in [0.3, 0.4) is 0 Å². The van der Waals surface area contributed by atoms with E-state index in [9.17, 15) is 9.90 Å². The number of phenolic OH excluding ortho intramolecular Hbond substituents is 1. The molecule has 1 aliphatic heterocycles. The van der Waals surface area contributed by atoms with Gasteiger partial charge in [-0.3, -0.25) is 4.79 Å². The largest absolute Gasteiger partial charge is 0.504 e. The predicted molar refractivity (Wildman–Crippen MR) is 93.0 cm³/mol. The predicted octanol–water partition coefficient (Wildman–Crippen LogP) is 4.51. The van der Waals surface area contributed by atoms with Crippen molar-refractivity contribution in [3.8, 4) is 17.2 Å². The molecule has 1 saturated heterocycles. The summed E-state index contributed by atoms with van der Waals surface area (Å²) in [6, 6.07) is 23.4. The molecule has 0 radical (unpaired) electrons. The summed E-state index contributed by atoms with van der Waals surface area (Å²) < 4.78 is 11.1. The van der Waals surface area contributed by atoms with Crippen molar-refractivity contribution < 1.29 is 19.4 Å². The quantitative estimate of drug-likeness (QED) is 0.552. The van der Waals surface area contributed by atoms with Crippen LogP contribution >= 0.6 is 0 Å². The van der Waals surface area contributed by atoms with Crippen LogP contribution in [-0.2, 0) is 4.74 Å². The van der Waals surface area contributed by atoms with E-state index in [0.717, 1.165) is 5.56 Å². The Morgan fingerprint density at radius 2 is 1.60 bits per heavy atom. The summed E-state index contributed by atoms with van der Waals surface area (Å²) in [5.74, 6) is 0.702. The minimum Gasteiger partial charge on any atom is -0.504 e. The molecule has 0 aromatic heterocycles. The average molecular weight is 332 g/mol. The fraction of sp³-hybridized carbons (Fsp3) is 0.0952. The number of ether oxygens (including phenoxy) is 2. The third-order valence-corrected chi connectivity index (χ3v) is 4.09. The molecular weight excluding hydrogens is 316 g/mol. The number of ketones is 1. The molecule has 0 bridgehead atoms. The molecule has 0 amide bonds. The monoisotopic (exact) mass is 332 g/mol. The zero-order chi connectivity index (χ0) is 17.2. The Morgan fingerprint density at radius 1 is 0.920 bits per heavy atom. The Kier molecular flexibility index (Phi) is 3.96. The molecular formula is C21H16O4. The van der Waals surface area contributed by atoms with Crippen molar-refractivity contribution in [3.63, 3.8) is 0 Å². The van der Waals surface area contributed by atoms with E-state index in [2.05, 4.69) is 0 Å². The van der Waals surface area contributed by atoms with Gasteiger partial charge in [0.05, 0.1) is 0 Å². The van der Waals surface area contributed by atoms with E-state index >= 15 is 0 Å². The summed E-state index contributed by atoms with van der Waals surface area (Å²) in [6.07, 6.45) is -0.709. The summed E-state index contributed by atoms with van der Waals surface area (Å²) in [5, 5.41) is 10.2. The number of aromatic hydroxyl groups is 1. The second-order valence-corrected chi connectivity index (χ2v) is 5.85. The van der Waals surface area contributed by atoms with Gasteiger partial charge in [-0.1, -0.05) is 48.5 Å². The Bertz CT molecular complexity index is 890.